The van der Waals surface area contributed by atoms with Gasteiger partial charge in [-0.25, -0.2) is 0 Å². The van der Waals surface area contributed by atoms with Gasteiger partial charge in [0, 0.05) is 18.3 Å². The highest BCUT2D eigenvalue weighted by Gasteiger charge is 2.00. The zero-order valence-corrected chi connectivity index (χ0v) is 9.24. The molecule has 0 saturated heterocycles. The molecule has 1 heterocycles. The Morgan fingerprint density at radius 1 is 1.27 bits per heavy atom. The summed E-state index contributed by atoms with van der Waals surface area (Å²) in [4.78, 5) is 0. The van der Waals surface area contributed by atoms with Crippen molar-refractivity contribution in [1.29, 1.82) is 0 Å². The SMILES string of the molecule is CCn1ccc2cc(CCCN)ccc21. The van der Waals surface area contributed by atoms with E-state index in [1.165, 1.54) is 16.5 Å². The van der Waals surface area contributed by atoms with E-state index in [0.717, 1.165) is 25.9 Å². The Bertz CT molecular complexity index is 443. The standard InChI is InChI=1S/C13H18N2/c1-2-15-9-7-12-10-11(4-3-8-14)5-6-13(12)15/h5-7,9-10H,2-4,8,14H2,1H3. The van der Waals surface area contributed by atoms with E-state index < -0.39 is 0 Å². The first kappa shape index (κ1) is 10.2. The largest absolute Gasteiger partial charge is 0.348 e. The second-order valence-electron chi connectivity index (χ2n) is 3.89. The van der Waals surface area contributed by atoms with E-state index in [-0.39, 0.29) is 0 Å². The molecule has 0 radical (unpaired) electrons. The van der Waals surface area contributed by atoms with Crippen LogP contribution in [0.4, 0.5) is 0 Å². The summed E-state index contributed by atoms with van der Waals surface area (Å²) in [5.74, 6) is 0. The van der Waals surface area contributed by atoms with Crippen molar-refractivity contribution < 1.29 is 0 Å². The molecule has 2 N–H and O–H groups in total. The fourth-order valence-electron chi connectivity index (χ4n) is 1.99. The van der Waals surface area contributed by atoms with E-state index in [0.29, 0.717) is 0 Å². The molecule has 0 aliphatic carbocycles. The van der Waals surface area contributed by atoms with E-state index >= 15 is 0 Å². The first-order valence-electron chi connectivity index (χ1n) is 5.63. The highest BCUT2D eigenvalue weighted by Crippen LogP contribution is 2.18. The van der Waals surface area contributed by atoms with Crippen LogP contribution >= 0.6 is 0 Å². The predicted molar refractivity (Wildman–Crippen MR) is 65.0 cm³/mol. The topological polar surface area (TPSA) is 30.9 Å². The van der Waals surface area contributed by atoms with Gasteiger partial charge in [-0.15, -0.1) is 0 Å². The minimum absolute atomic E-state index is 0.772. The molecule has 15 heavy (non-hydrogen) atoms. The molecule has 0 bridgehead atoms. The third-order valence-electron chi connectivity index (χ3n) is 2.85. The summed E-state index contributed by atoms with van der Waals surface area (Å²) in [7, 11) is 0. The van der Waals surface area contributed by atoms with Crippen LogP contribution in [0.15, 0.2) is 30.5 Å². The first-order chi connectivity index (χ1) is 7.35. The third kappa shape index (κ3) is 2.05. The van der Waals surface area contributed by atoms with E-state index in [1.807, 2.05) is 0 Å². The molecular weight excluding hydrogens is 184 g/mol. The molecule has 0 aliphatic heterocycles. The maximum absolute atomic E-state index is 5.51. The number of benzene rings is 1. The Morgan fingerprint density at radius 2 is 2.13 bits per heavy atom. The lowest BCUT2D eigenvalue weighted by Gasteiger charge is -2.03. The number of aromatic nitrogens is 1. The number of aryl methyl sites for hydroxylation is 2. The second kappa shape index (κ2) is 4.49. The average Bonchev–Trinajstić information content (AvgIpc) is 2.68. The van der Waals surface area contributed by atoms with Crippen LogP contribution in [-0.4, -0.2) is 11.1 Å². The van der Waals surface area contributed by atoms with Crippen LogP contribution in [0.1, 0.15) is 18.9 Å². The van der Waals surface area contributed by atoms with Crippen molar-refractivity contribution in [1.82, 2.24) is 4.57 Å². The zero-order chi connectivity index (χ0) is 10.7. The molecule has 1 aromatic carbocycles. The van der Waals surface area contributed by atoms with E-state index in [9.17, 15) is 0 Å². The lowest BCUT2D eigenvalue weighted by Crippen LogP contribution is -2.00. The predicted octanol–water partition coefficient (Wildman–Crippen LogP) is 2.55. The van der Waals surface area contributed by atoms with Crippen molar-refractivity contribution in [3.05, 3.63) is 36.0 Å². The maximum Gasteiger partial charge on any atom is 0.0480 e. The van der Waals surface area contributed by atoms with Crippen molar-refractivity contribution in [2.75, 3.05) is 6.54 Å². The van der Waals surface area contributed by atoms with Gasteiger partial charge >= 0.3 is 0 Å². The van der Waals surface area contributed by atoms with E-state index in [2.05, 4.69) is 42.0 Å². The fourth-order valence-corrected chi connectivity index (χ4v) is 1.99. The summed E-state index contributed by atoms with van der Waals surface area (Å²) in [6, 6.07) is 8.89. The second-order valence-corrected chi connectivity index (χ2v) is 3.89. The Kier molecular flexibility index (Phi) is 3.07. The molecule has 0 amide bonds. The van der Waals surface area contributed by atoms with Gasteiger partial charge in [-0.1, -0.05) is 6.07 Å². The molecule has 0 unspecified atom stereocenters. The molecule has 0 atom stereocenters. The molecule has 2 rings (SSSR count). The Hall–Kier alpha value is -1.28. The van der Waals surface area contributed by atoms with Crippen LogP contribution in [-0.2, 0) is 13.0 Å². The number of fused-ring (bicyclic) bond motifs is 1. The highest BCUT2D eigenvalue weighted by molar-refractivity contribution is 5.80. The van der Waals surface area contributed by atoms with Gasteiger partial charge in [0.15, 0.2) is 0 Å². The van der Waals surface area contributed by atoms with Gasteiger partial charge in [-0.3, -0.25) is 0 Å². The van der Waals surface area contributed by atoms with Crippen molar-refractivity contribution in [2.24, 2.45) is 5.73 Å². The lowest BCUT2D eigenvalue weighted by atomic mass is 10.1. The summed E-state index contributed by atoms with van der Waals surface area (Å²) >= 11 is 0. The lowest BCUT2D eigenvalue weighted by molar-refractivity contribution is 0.797. The minimum atomic E-state index is 0.772. The Balaban J connectivity index is 2.31. The smallest absolute Gasteiger partial charge is 0.0480 e. The molecule has 2 nitrogen and oxygen atoms in total. The van der Waals surface area contributed by atoms with Gasteiger partial charge in [0.05, 0.1) is 0 Å². The van der Waals surface area contributed by atoms with Crippen LogP contribution in [0.2, 0.25) is 0 Å². The number of rotatable bonds is 4. The number of hydrogen-bond donors (Lipinski definition) is 1. The van der Waals surface area contributed by atoms with Crippen molar-refractivity contribution in [2.45, 2.75) is 26.3 Å². The molecule has 1 aromatic heterocycles. The van der Waals surface area contributed by atoms with Crippen LogP contribution in [0.5, 0.6) is 0 Å². The number of nitrogens with zero attached hydrogens (tertiary/aromatic N) is 1. The average molecular weight is 202 g/mol. The van der Waals surface area contributed by atoms with Gasteiger partial charge in [0.1, 0.15) is 0 Å². The van der Waals surface area contributed by atoms with Crippen LogP contribution in [0, 0.1) is 0 Å². The number of nitrogens with two attached hydrogens (primary N) is 1. The molecule has 0 spiro atoms. The third-order valence-corrected chi connectivity index (χ3v) is 2.85. The van der Waals surface area contributed by atoms with Crippen LogP contribution in [0.3, 0.4) is 0 Å². The summed E-state index contributed by atoms with van der Waals surface area (Å²) in [6.07, 6.45) is 4.31. The van der Waals surface area contributed by atoms with Crippen LogP contribution < -0.4 is 5.73 Å². The van der Waals surface area contributed by atoms with Gasteiger partial charge in [-0.05, 0) is 55.5 Å². The Labute approximate surface area is 90.7 Å². The summed E-state index contributed by atoms with van der Waals surface area (Å²) < 4.78 is 2.27. The summed E-state index contributed by atoms with van der Waals surface area (Å²) in [5, 5.41) is 1.34. The highest BCUT2D eigenvalue weighted by atomic mass is 14.9. The molecule has 0 aliphatic rings. The van der Waals surface area contributed by atoms with E-state index in [1.54, 1.807) is 0 Å². The summed E-state index contributed by atoms with van der Waals surface area (Å²) in [6.45, 7) is 3.97. The van der Waals surface area contributed by atoms with Crippen molar-refractivity contribution >= 4 is 10.9 Å². The molecule has 80 valence electrons. The van der Waals surface area contributed by atoms with Crippen molar-refractivity contribution in [3.8, 4) is 0 Å². The Morgan fingerprint density at radius 3 is 2.87 bits per heavy atom. The minimum Gasteiger partial charge on any atom is -0.348 e. The molecule has 2 heteroatoms. The fraction of sp³-hybridized carbons (Fsp3) is 0.385. The monoisotopic (exact) mass is 202 g/mol. The van der Waals surface area contributed by atoms with Gasteiger partial charge in [0.2, 0.25) is 0 Å². The molecular formula is C13H18N2. The van der Waals surface area contributed by atoms with Gasteiger partial charge in [-0.2, -0.15) is 0 Å². The molecule has 0 saturated carbocycles. The zero-order valence-electron chi connectivity index (χ0n) is 9.24. The maximum atomic E-state index is 5.51. The molecule has 0 fully saturated rings. The quantitative estimate of drug-likeness (QED) is 0.811. The molecule has 2 aromatic rings. The van der Waals surface area contributed by atoms with Gasteiger partial charge in [0.25, 0.3) is 0 Å². The van der Waals surface area contributed by atoms with Gasteiger partial charge < -0.3 is 10.3 Å². The summed E-state index contributed by atoms with van der Waals surface area (Å²) in [5.41, 5.74) is 8.23. The van der Waals surface area contributed by atoms with Crippen molar-refractivity contribution in [3.63, 3.8) is 0 Å². The normalized spacial score (nSPS) is 11.1. The van der Waals surface area contributed by atoms with Crippen LogP contribution in [0.25, 0.3) is 10.9 Å². The first-order valence-corrected chi connectivity index (χ1v) is 5.63. The number of hydrogen-bond acceptors (Lipinski definition) is 1. The van der Waals surface area contributed by atoms with E-state index in [4.69, 9.17) is 5.73 Å².